The number of carbonyl (C=O) groups is 1. The number of anilines is 1. The molecular formula is C16H22N2O3. The Hall–Kier alpha value is -1.75. The van der Waals surface area contributed by atoms with Gasteiger partial charge in [0, 0.05) is 12.2 Å². The lowest BCUT2D eigenvalue weighted by Gasteiger charge is -2.19. The van der Waals surface area contributed by atoms with E-state index >= 15 is 0 Å². The smallest absolute Gasteiger partial charge is 0.251 e. The van der Waals surface area contributed by atoms with Crippen molar-refractivity contribution in [1.82, 2.24) is 5.32 Å². The van der Waals surface area contributed by atoms with Gasteiger partial charge in [0.2, 0.25) is 0 Å². The maximum absolute atomic E-state index is 12.3. The monoisotopic (exact) mass is 290 g/mol. The molecule has 0 aromatic heterocycles. The summed E-state index contributed by atoms with van der Waals surface area (Å²) in [6.07, 6.45) is 3.51. The van der Waals surface area contributed by atoms with E-state index in [-0.39, 0.29) is 18.1 Å². The third-order valence-corrected chi connectivity index (χ3v) is 4.11. The molecule has 2 aliphatic rings. The molecule has 1 aliphatic carbocycles. The van der Waals surface area contributed by atoms with Gasteiger partial charge in [-0.1, -0.05) is 0 Å². The van der Waals surface area contributed by atoms with Crippen molar-refractivity contribution in [2.75, 3.05) is 18.9 Å². The number of benzene rings is 1. The van der Waals surface area contributed by atoms with Crippen molar-refractivity contribution >= 4 is 11.6 Å². The maximum atomic E-state index is 12.3. The second kappa shape index (κ2) is 5.93. The number of hydrogen-bond donors (Lipinski definition) is 2. The van der Waals surface area contributed by atoms with Crippen LogP contribution in [-0.4, -0.2) is 31.3 Å². The zero-order valence-electron chi connectivity index (χ0n) is 12.3. The van der Waals surface area contributed by atoms with E-state index in [0.29, 0.717) is 29.5 Å². The van der Waals surface area contributed by atoms with E-state index in [1.165, 1.54) is 12.8 Å². The van der Waals surface area contributed by atoms with E-state index in [4.69, 9.17) is 15.2 Å². The summed E-state index contributed by atoms with van der Waals surface area (Å²) in [5.41, 5.74) is 6.97. The Morgan fingerprint density at radius 3 is 2.90 bits per heavy atom. The minimum atomic E-state index is -0.0918. The first kappa shape index (κ1) is 14.2. The Morgan fingerprint density at radius 2 is 2.24 bits per heavy atom. The Bertz CT molecular complexity index is 528. The quantitative estimate of drug-likeness (QED) is 0.813. The number of ether oxygens (including phenoxy) is 2. The average molecular weight is 290 g/mol. The van der Waals surface area contributed by atoms with Crippen LogP contribution in [0.25, 0.3) is 0 Å². The molecule has 3 rings (SSSR count). The predicted octanol–water partition coefficient (Wildman–Crippen LogP) is 1.96. The van der Waals surface area contributed by atoms with Gasteiger partial charge in [-0.15, -0.1) is 0 Å². The van der Waals surface area contributed by atoms with Gasteiger partial charge in [0.25, 0.3) is 5.91 Å². The van der Waals surface area contributed by atoms with Gasteiger partial charge in [0.15, 0.2) is 0 Å². The lowest BCUT2D eigenvalue weighted by atomic mass is 10.1. The largest absolute Gasteiger partial charge is 0.492 e. The SMILES string of the molecule is CCOc1ccc(C(=O)NC2CCOC2C2CC2)cc1N. The molecule has 1 aromatic rings. The summed E-state index contributed by atoms with van der Waals surface area (Å²) in [4.78, 5) is 12.3. The molecule has 114 valence electrons. The first-order valence-electron chi connectivity index (χ1n) is 7.64. The number of amides is 1. The van der Waals surface area contributed by atoms with Gasteiger partial charge < -0.3 is 20.5 Å². The summed E-state index contributed by atoms with van der Waals surface area (Å²) in [5, 5.41) is 3.08. The highest BCUT2D eigenvalue weighted by molar-refractivity contribution is 5.95. The zero-order valence-corrected chi connectivity index (χ0v) is 12.3. The molecular weight excluding hydrogens is 268 g/mol. The topological polar surface area (TPSA) is 73.6 Å². The molecule has 21 heavy (non-hydrogen) atoms. The van der Waals surface area contributed by atoms with Crippen molar-refractivity contribution in [3.63, 3.8) is 0 Å². The molecule has 2 fully saturated rings. The van der Waals surface area contributed by atoms with Gasteiger partial charge in [0.1, 0.15) is 5.75 Å². The first-order valence-corrected chi connectivity index (χ1v) is 7.64. The molecule has 5 nitrogen and oxygen atoms in total. The summed E-state index contributed by atoms with van der Waals surface area (Å²) in [7, 11) is 0. The molecule has 5 heteroatoms. The van der Waals surface area contributed by atoms with E-state index < -0.39 is 0 Å². The fourth-order valence-electron chi connectivity index (χ4n) is 2.88. The van der Waals surface area contributed by atoms with Crippen molar-refractivity contribution in [3.05, 3.63) is 23.8 Å². The number of nitrogens with two attached hydrogens (primary N) is 1. The van der Waals surface area contributed by atoms with Gasteiger partial charge in [-0.05, 0) is 50.3 Å². The van der Waals surface area contributed by atoms with E-state index in [2.05, 4.69) is 5.32 Å². The van der Waals surface area contributed by atoms with Gasteiger partial charge in [-0.3, -0.25) is 4.79 Å². The molecule has 2 unspecified atom stereocenters. The third-order valence-electron chi connectivity index (χ3n) is 4.11. The fraction of sp³-hybridized carbons (Fsp3) is 0.562. The average Bonchev–Trinajstić information content (AvgIpc) is 3.21. The van der Waals surface area contributed by atoms with E-state index in [1.54, 1.807) is 18.2 Å². The van der Waals surface area contributed by atoms with Crippen LogP contribution in [0.4, 0.5) is 5.69 Å². The Morgan fingerprint density at radius 1 is 1.43 bits per heavy atom. The van der Waals surface area contributed by atoms with Crippen molar-refractivity contribution in [1.29, 1.82) is 0 Å². The van der Waals surface area contributed by atoms with Crippen LogP contribution in [0.2, 0.25) is 0 Å². The lowest BCUT2D eigenvalue weighted by Crippen LogP contribution is -2.41. The lowest BCUT2D eigenvalue weighted by molar-refractivity contribution is 0.0729. The van der Waals surface area contributed by atoms with E-state index in [0.717, 1.165) is 13.0 Å². The molecule has 1 heterocycles. The molecule has 1 aromatic carbocycles. The molecule has 1 saturated carbocycles. The number of hydrogen-bond acceptors (Lipinski definition) is 4. The van der Waals surface area contributed by atoms with Crippen molar-refractivity contribution in [2.45, 2.75) is 38.3 Å². The summed E-state index contributed by atoms with van der Waals surface area (Å²) < 4.78 is 11.1. The highest BCUT2D eigenvalue weighted by atomic mass is 16.5. The predicted molar refractivity (Wildman–Crippen MR) is 80.4 cm³/mol. The van der Waals surface area contributed by atoms with Crippen LogP contribution in [0.3, 0.4) is 0 Å². The van der Waals surface area contributed by atoms with Crippen molar-refractivity contribution < 1.29 is 14.3 Å². The number of nitrogen functional groups attached to an aromatic ring is 1. The maximum Gasteiger partial charge on any atom is 0.251 e. The summed E-state index contributed by atoms with van der Waals surface area (Å²) in [6.45, 7) is 3.19. The number of nitrogens with one attached hydrogen (secondary N) is 1. The Kier molecular flexibility index (Phi) is 4.01. The van der Waals surface area contributed by atoms with Crippen LogP contribution >= 0.6 is 0 Å². The van der Waals surface area contributed by atoms with Crippen LogP contribution in [-0.2, 0) is 4.74 Å². The number of rotatable bonds is 5. The molecule has 2 atom stereocenters. The molecule has 0 bridgehead atoms. The van der Waals surface area contributed by atoms with Gasteiger partial charge in [-0.2, -0.15) is 0 Å². The Labute approximate surface area is 124 Å². The standard InChI is InChI=1S/C16H22N2O3/c1-2-20-14-6-5-11(9-12(14)17)16(19)18-13-7-8-21-15(13)10-3-4-10/h5-6,9-10,13,15H,2-4,7-8,17H2,1H3,(H,18,19). The molecule has 1 saturated heterocycles. The normalized spacial score (nSPS) is 24.8. The summed E-state index contributed by atoms with van der Waals surface area (Å²) >= 11 is 0. The Balaban J connectivity index is 1.66. The van der Waals surface area contributed by atoms with Crippen LogP contribution in [0.1, 0.15) is 36.5 Å². The number of carbonyl (C=O) groups excluding carboxylic acids is 1. The zero-order chi connectivity index (χ0) is 14.8. The second-order valence-electron chi connectivity index (χ2n) is 5.73. The van der Waals surface area contributed by atoms with Crippen LogP contribution in [0.5, 0.6) is 5.75 Å². The van der Waals surface area contributed by atoms with Gasteiger partial charge in [0.05, 0.1) is 24.4 Å². The third kappa shape index (κ3) is 3.13. The fourth-order valence-corrected chi connectivity index (χ4v) is 2.88. The van der Waals surface area contributed by atoms with Crippen LogP contribution in [0.15, 0.2) is 18.2 Å². The molecule has 3 N–H and O–H groups in total. The summed E-state index contributed by atoms with van der Waals surface area (Å²) in [6, 6.07) is 5.29. The molecule has 0 radical (unpaired) electrons. The second-order valence-corrected chi connectivity index (χ2v) is 5.73. The van der Waals surface area contributed by atoms with Crippen LogP contribution in [0, 0.1) is 5.92 Å². The first-order chi connectivity index (χ1) is 10.2. The van der Waals surface area contributed by atoms with Crippen molar-refractivity contribution in [3.8, 4) is 5.75 Å². The molecule has 0 spiro atoms. The molecule has 1 amide bonds. The molecule has 1 aliphatic heterocycles. The summed E-state index contributed by atoms with van der Waals surface area (Å²) in [5.74, 6) is 1.16. The highest BCUT2D eigenvalue weighted by Gasteiger charge is 2.41. The van der Waals surface area contributed by atoms with Crippen molar-refractivity contribution in [2.24, 2.45) is 5.92 Å². The van der Waals surface area contributed by atoms with Gasteiger partial charge >= 0.3 is 0 Å². The van der Waals surface area contributed by atoms with Crippen LogP contribution < -0.4 is 15.8 Å². The minimum absolute atomic E-state index is 0.0918. The minimum Gasteiger partial charge on any atom is -0.492 e. The van der Waals surface area contributed by atoms with E-state index in [9.17, 15) is 4.79 Å². The van der Waals surface area contributed by atoms with E-state index in [1.807, 2.05) is 6.92 Å². The highest BCUT2D eigenvalue weighted by Crippen LogP contribution is 2.38. The van der Waals surface area contributed by atoms with Gasteiger partial charge in [-0.25, -0.2) is 0 Å².